The summed E-state index contributed by atoms with van der Waals surface area (Å²) in [5, 5.41) is 10.2. The average molecular weight is 328 g/mol. The summed E-state index contributed by atoms with van der Waals surface area (Å²) < 4.78 is 44.1. The molecule has 23 heavy (non-hydrogen) atoms. The Morgan fingerprint density at radius 1 is 1.30 bits per heavy atom. The Morgan fingerprint density at radius 3 is 2.57 bits per heavy atom. The Bertz CT molecular complexity index is 653. The number of carbonyl (C=O) groups excluding carboxylic acids is 1. The van der Waals surface area contributed by atoms with E-state index in [9.17, 15) is 18.0 Å². The maximum atomic E-state index is 12.4. The van der Waals surface area contributed by atoms with E-state index in [1.54, 1.807) is 17.9 Å². The van der Waals surface area contributed by atoms with Gasteiger partial charge >= 0.3 is 6.18 Å². The number of ether oxygens (including phenoxy) is 1. The van der Waals surface area contributed by atoms with Gasteiger partial charge < -0.3 is 14.6 Å². The van der Waals surface area contributed by atoms with Crippen LogP contribution in [-0.4, -0.2) is 33.8 Å². The first-order valence-corrected chi connectivity index (χ1v) is 6.76. The van der Waals surface area contributed by atoms with Crippen molar-refractivity contribution < 1.29 is 22.7 Å². The third kappa shape index (κ3) is 4.97. The molecule has 2 aromatic rings. The van der Waals surface area contributed by atoms with Gasteiger partial charge in [0.1, 0.15) is 17.9 Å². The number of nitrogens with one attached hydrogen (secondary N) is 1. The van der Waals surface area contributed by atoms with Crippen LogP contribution in [0.5, 0.6) is 5.75 Å². The van der Waals surface area contributed by atoms with Gasteiger partial charge in [0.05, 0.1) is 5.56 Å². The first-order valence-electron chi connectivity index (χ1n) is 6.76. The molecule has 0 unspecified atom stereocenters. The quantitative estimate of drug-likeness (QED) is 0.874. The van der Waals surface area contributed by atoms with E-state index in [-0.39, 0.29) is 18.3 Å². The van der Waals surface area contributed by atoms with Crippen molar-refractivity contribution in [2.75, 3.05) is 13.2 Å². The lowest BCUT2D eigenvalue weighted by molar-refractivity contribution is -0.137. The summed E-state index contributed by atoms with van der Waals surface area (Å²) in [6, 6.07) is 4.16. The van der Waals surface area contributed by atoms with Crippen LogP contribution in [0.25, 0.3) is 0 Å². The molecule has 0 spiro atoms. The molecular weight excluding hydrogens is 313 g/mol. The molecule has 0 aliphatic carbocycles. The molecule has 0 saturated heterocycles. The molecule has 1 N–H and O–H groups in total. The van der Waals surface area contributed by atoms with E-state index in [1.807, 2.05) is 0 Å². The Hall–Kier alpha value is -2.58. The molecule has 9 heteroatoms. The first-order chi connectivity index (χ1) is 10.9. The second kappa shape index (κ2) is 7.12. The molecule has 0 bridgehead atoms. The lowest BCUT2D eigenvalue weighted by Gasteiger charge is -2.09. The van der Waals surface area contributed by atoms with Gasteiger partial charge in [0.2, 0.25) is 0 Å². The third-order valence-corrected chi connectivity index (χ3v) is 3.03. The number of nitrogens with zero attached hydrogens (tertiary/aromatic N) is 3. The van der Waals surface area contributed by atoms with Crippen LogP contribution in [0.2, 0.25) is 0 Å². The molecule has 2 rings (SSSR count). The van der Waals surface area contributed by atoms with Crippen LogP contribution in [0.3, 0.4) is 0 Å². The third-order valence-electron chi connectivity index (χ3n) is 3.03. The van der Waals surface area contributed by atoms with Crippen molar-refractivity contribution in [3.63, 3.8) is 0 Å². The summed E-state index contributed by atoms with van der Waals surface area (Å²) in [5.74, 6) is 0.558. The summed E-state index contributed by atoms with van der Waals surface area (Å²) in [5.41, 5.74) is -0.766. The van der Waals surface area contributed by atoms with Crippen molar-refractivity contribution in [3.05, 3.63) is 42.0 Å². The average Bonchev–Trinajstić information content (AvgIpc) is 2.90. The molecular formula is C14H15F3N4O2. The highest BCUT2D eigenvalue weighted by molar-refractivity contribution is 5.77. The highest BCUT2D eigenvalue weighted by Gasteiger charge is 2.30. The van der Waals surface area contributed by atoms with Gasteiger partial charge in [0.25, 0.3) is 5.91 Å². The number of aryl methyl sites for hydroxylation is 1. The van der Waals surface area contributed by atoms with Gasteiger partial charge in [-0.25, -0.2) is 0 Å². The molecule has 0 fully saturated rings. The van der Waals surface area contributed by atoms with Crippen LogP contribution in [0, 0.1) is 0 Å². The van der Waals surface area contributed by atoms with Crippen LogP contribution in [0.4, 0.5) is 13.2 Å². The molecule has 1 heterocycles. The van der Waals surface area contributed by atoms with Crippen LogP contribution in [0.1, 0.15) is 11.4 Å². The predicted molar refractivity (Wildman–Crippen MR) is 74.7 cm³/mol. The molecule has 1 aromatic heterocycles. The van der Waals surface area contributed by atoms with Crippen molar-refractivity contribution in [3.8, 4) is 5.75 Å². The highest BCUT2D eigenvalue weighted by atomic mass is 19.4. The first kappa shape index (κ1) is 16.8. The topological polar surface area (TPSA) is 69.0 Å². The van der Waals surface area contributed by atoms with Crippen molar-refractivity contribution in [1.82, 2.24) is 20.1 Å². The number of carbonyl (C=O) groups is 1. The van der Waals surface area contributed by atoms with Gasteiger partial charge in [0, 0.05) is 20.0 Å². The Kier molecular flexibility index (Phi) is 5.20. The predicted octanol–water partition coefficient (Wildman–Crippen LogP) is 1.57. The zero-order valence-electron chi connectivity index (χ0n) is 12.3. The molecule has 124 valence electrons. The summed E-state index contributed by atoms with van der Waals surface area (Å²) in [7, 11) is 1.80. The number of hydrogen-bond donors (Lipinski definition) is 1. The zero-order chi connectivity index (χ0) is 16.9. The van der Waals surface area contributed by atoms with E-state index < -0.39 is 11.7 Å². The smallest absolute Gasteiger partial charge is 0.416 e. The van der Waals surface area contributed by atoms with Crippen LogP contribution in [0.15, 0.2) is 30.6 Å². The minimum Gasteiger partial charge on any atom is -0.484 e. The van der Waals surface area contributed by atoms with E-state index in [0.717, 1.165) is 18.0 Å². The molecule has 1 amide bonds. The number of rotatable bonds is 6. The Balaban J connectivity index is 1.73. The second-order valence-corrected chi connectivity index (χ2v) is 4.77. The van der Waals surface area contributed by atoms with Gasteiger partial charge in [-0.3, -0.25) is 4.79 Å². The van der Waals surface area contributed by atoms with Crippen LogP contribution in [-0.2, 0) is 24.4 Å². The van der Waals surface area contributed by atoms with E-state index in [2.05, 4.69) is 15.5 Å². The second-order valence-electron chi connectivity index (χ2n) is 4.77. The lowest BCUT2D eigenvalue weighted by Crippen LogP contribution is -2.31. The van der Waals surface area contributed by atoms with E-state index in [1.165, 1.54) is 12.1 Å². The normalized spacial score (nSPS) is 11.3. The number of alkyl halides is 3. The van der Waals surface area contributed by atoms with Crippen molar-refractivity contribution in [1.29, 1.82) is 0 Å². The number of hydrogen-bond acceptors (Lipinski definition) is 4. The molecule has 0 radical (unpaired) electrons. The number of benzene rings is 1. The summed E-state index contributed by atoms with van der Waals surface area (Å²) in [6.07, 6.45) is -2.32. The largest absolute Gasteiger partial charge is 0.484 e. The summed E-state index contributed by atoms with van der Waals surface area (Å²) in [4.78, 5) is 11.6. The molecule has 0 aliphatic rings. The number of aromatic nitrogens is 3. The van der Waals surface area contributed by atoms with Gasteiger partial charge in [0.15, 0.2) is 6.61 Å². The van der Waals surface area contributed by atoms with Gasteiger partial charge in [-0.2, -0.15) is 13.2 Å². The van der Waals surface area contributed by atoms with Crippen LogP contribution >= 0.6 is 0 Å². The summed E-state index contributed by atoms with van der Waals surface area (Å²) in [6.45, 7) is 0.0892. The fraction of sp³-hybridized carbons (Fsp3) is 0.357. The highest BCUT2D eigenvalue weighted by Crippen LogP contribution is 2.30. The maximum absolute atomic E-state index is 12.4. The van der Waals surface area contributed by atoms with E-state index in [0.29, 0.717) is 13.0 Å². The fourth-order valence-corrected chi connectivity index (χ4v) is 1.79. The standard InChI is InChI=1S/C14H15F3N4O2/c1-21-9-19-20-12(21)6-7-18-13(22)8-23-11-4-2-10(3-5-11)14(15,16)17/h2-5,9H,6-8H2,1H3,(H,18,22). The zero-order valence-corrected chi connectivity index (χ0v) is 12.3. The molecule has 0 aliphatic heterocycles. The molecule has 0 atom stereocenters. The van der Waals surface area contributed by atoms with E-state index >= 15 is 0 Å². The Labute approximate surface area is 130 Å². The van der Waals surface area contributed by atoms with Crippen molar-refractivity contribution in [2.45, 2.75) is 12.6 Å². The van der Waals surface area contributed by atoms with E-state index in [4.69, 9.17) is 4.74 Å². The van der Waals surface area contributed by atoms with Gasteiger partial charge in [-0.05, 0) is 24.3 Å². The Morgan fingerprint density at radius 2 is 2.00 bits per heavy atom. The minimum absolute atomic E-state index is 0.196. The van der Waals surface area contributed by atoms with Crippen LogP contribution < -0.4 is 10.1 Å². The van der Waals surface area contributed by atoms with Gasteiger partial charge in [-0.15, -0.1) is 10.2 Å². The molecule has 1 aromatic carbocycles. The molecule has 0 saturated carbocycles. The van der Waals surface area contributed by atoms with Gasteiger partial charge in [-0.1, -0.05) is 0 Å². The molecule has 6 nitrogen and oxygen atoms in total. The van der Waals surface area contributed by atoms with Crippen molar-refractivity contribution in [2.24, 2.45) is 7.05 Å². The lowest BCUT2D eigenvalue weighted by atomic mass is 10.2. The maximum Gasteiger partial charge on any atom is 0.416 e. The fourth-order valence-electron chi connectivity index (χ4n) is 1.79. The SMILES string of the molecule is Cn1cnnc1CCNC(=O)COc1ccc(C(F)(F)F)cc1. The van der Waals surface area contributed by atoms with Crippen molar-refractivity contribution >= 4 is 5.91 Å². The monoisotopic (exact) mass is 328 g/mol. The number of halogens is 3. The number of amides is 1. The minimum atomic E-state index is -4.39. The summed E-state index contributed by atoms with van der Waals surface area (Å²) >= 11 is 0.